The van der Waals surface area contributed by atoms with Gasteiger partial charge in [0.2, 0.25) is 0 Å². The molecule has 1 aromatic carbocycles. The molecular formula is C21H22N4O2. The lowest BCUT2D eigenvalue weighted by molar-refractivity contribution is -0.0239. The van der Waals surface area contributed by atoms with E-state index in [1.165, 1.54) is 0 Å². The molecule has 2 aliphatic rings. The molecule has 6 heteroatoms. The fraction of sp³-hybridized carbons (Fsp3) is 0.381. The molecule has 6 nitrogen and oxygen atoms in total. The molecule has 0 atom stereocenters. The van der Waals surface area contributed by atoms with E-state index in [2.05, 4.69) is 9.88 Å². The standard InChI is InChI=1S/C21H22N4O2/c1-15-3-5-18(23-11-15)20(27)25-8-2-7-21(25)13-24(14-21)12-16-4-6-19(26)17(9-16)10-22/h3-6,9,11,26H,2,7-8,12-14H2,1H3. The van der Waals surface area contributed by atoms with Crippen molar-refractivity contribution >= 4 is 5.91 Å². The number of nitrogens with zero attached hydrogens (tertiary/aromatic N) is 4. The van der Waals surface area contributed by atoms with E-state index in [0.29, 0.717) is 17.8 Å². The van der Waals surface area contributed by atoms with Crippen LogP contribution in [0.15, 0.2) is 36.5 Å². The second kappa shape index (κ2) is 6.67. The van der Waals surface area contributed by atoms with Gasteiger partial charge in [-0.3, -0.25) is 14.7 Å². The van der Waals surface area contributed by atoms with Crippen LogP contribution >= 0.6 is 0 Å². The predicted octanol–water partition coefficient (Wildman–Crippen LogP) is 2.46. The Hall–Kier alpha value is -2.91. The van der Waals surface area contributed by atoms with Crippen LogP contribution in [0.25, 0.3) is 0 Å². The number of hydrogen-bond acceptors (Lipinski definition) is 5. The highest BCUT2D eigenvalue weighted by Crippen LogP contribution is 2.39. The average molecular weight is 362 g/mol. The number of carbonyl (C=O) groups is 1. The third kappa shape index (κ3) is 3.15. The fourth-order valence-corrected chi connectivity index (χ4v) is 4.24. The number of carbonyl (C=O) groups excluding carboxylic acids is 1. The van der Waals surface area contributed by atoms with Crippen molar-refractivity contribution in [3.8, 4) is 11.8 Å². The quantitative estimate of drug-likeness (QED) is 0.907. The molecule has 0 bridgehead atoms. The Bertz CT molecular complexity index is 911. The number of aromatic nitrogens is 1. The maximum Gasteiger partial charge on any atom is 0.272 e. The first-order valence-electron chi connectivity index (χ1n) is 9.20. The number of hydrogen-bond donors (Lipinski definition) is 1. The number of pyridine rings is 1. The van der Waals surface area contributed by atoms with Crippen LogP contribution in [-0.4, -0.2) is 51.0 Å². The summed E-state index contributed by atoms with van der Waals surface area (Å²) in [5.41, 5.74) is 2.75. The van der Waals surface area contributed by atoms with Gasteiger partial charge < -0.3 is 10.0 Å². The van der Waals surface area contributed by atoms with Crippen molar-refractivity contribution in [2.75, 3.05) is 19.6 Å². The number of rotatable bonds is 3. The number of aromatic hydroxyl groups is 1. The van der Waals surface area contributed by atoms with E-state index in [1.54, 1.807) is 24.4 Å². The summed E-state index contributed by atoms with van der Waals surface area (Å²) in [5, 5.41) is 18.7. The molecular weight excluding hydrogens is 340 g/mol. The van der Waals surface area contributed by atoms with Gasteiger partial charge in [-0.05, 0) is 49.1 Å². The lowest BCUT2D eigenvalue weighted by Gasteiger charge is -2.52. The van der Waals surface area contributed by atoms with Crippen molar-refractivity contribution in [3.05, 3.63) is 58.9 Å². The van der Waals surface area contributed by atoms with E-state index in [1.807, 2.05) is 30.0 Å². The summed E-state index contributed by atoms with van der Waals surface area (Å²) in [6.07, 6.45) is 3.77. The number of likely N-dealkylation sites (tertiary alicyclic amines) is 2. The van der Waals surface area contributed by atoms with Gasteiger partial charge in [0.05, 0.1) is 11.1 Å². The Morgan fingerprint density at radius 3 is 2.85 bits per heavy atom. The molecule has 138 valence electrons. The minimum atomic E-state index is -0.0986. The Morgan fingerprint density at radius 1 is 1.33 bits per heavy atom. The van der Waals surface area contributed by atoms with Gasteiger partial charge in [0.25, 0.3) is 5.91 Å². The highest BCUT2D eigenvalue weighted by molar-refractivity contribution is 5.93. The molecule has 0 saturated carbocycles. The van der Waals surface area contributed by atoms with E-state index in [4.69, 9.17) is 5.26 Å². The minimum absolute atomic E-state index is 0.0134. The van der Waals surface area contributed by atoms with Crippen LogP contribution in [0.4, 0.5) is 0 Å². The monoisotopic (exact) mass is 362 g/mol. The fourth-order valence-electron chi connectivity index (χ4n) is 4.24. The average Bonchev–Trinajstić information content (AvgIpc) is 3.08. The normalized spacial score (nSPS) is 18.3. The number of phenols is 1. The molecule has 1 aromatic heterocycles. The molecule has 2 aliphatic heterocycles. The second-order valence-electron chi connectivity index (χ2n) is 7.61. The van der Waals surface area contributed by atoms with Crippen molar-refractivity contribution < 1.29 is 9.90 Å². The van der Waals surface area contributed by atoms with Gasteiger partial charge in [-0.2, -0.15) is 5.26 Å². The molecule has 1 N–H and O–H groups in total. The minimum Gasteiger partial charge on any atom is -0.507 e. The molecule has 2 aromatic rings. The van der Waals surface area contributed by atoms with E-state index in [-0.39, 0.29) is 17.2 Å². The van der Waals surface area contributed by atoms with Gasteiger partial charge >= 0.3 is 0 Å². The van der Waals surface area contributed by atoms with Crippen LogP contribution in [0.1, 0.15) is 40.0 Å². The number of nitriles is 1. The summed E-state index contributed by atoms with van der Waals surface area (Å²) in [6, 6.07) is 10.9. The molecule has 0 unspecified atom stereocenters. The maximum atomic E-state index is 12.9. The maximum absolute atomic E-state index is 12.9. The largest absolute Gasteiger partial charge is 0.507 e. The van der Waals surface area contributed by atoms with Crippen LogP contribution in [0.3, 0.4) is 0 Å². The first-order chi connectivity index (χ1) is 13.0. The summed E-state index contributed by atoms with van der Waals surface area (Å²) in [6.45, 7) is 5.10. The summed E-state index contributed by atoms with van der Waals surface area (Å²) in [5.74, 6) is 0.0306. The SMILES string of the molecule is Cc1ccc(C(=O)N2CCCC23CN(Cc2ccc(O)c(C#N)c2)C3)nc1. The van der Waals surface area contributed by atoms with Gasteiger partial charge in [0.1, 0.15) is 17.5 Å². The molecule has 1 spiro atoms. The van der Waals surface area contributed by atoms with Gasteiger partial charge in [-0.15, -0.1) is 0 Å². The van der Waals surface area contributed by atoms with Crippen molar-refractivity contribution in [1.82, 2.24) is 14.8 Å². The summed E-state index contributed by atoms with van der Waals surface area (Å²) in [4.78, 5) is 21.5. The third-order valence-corrected chi connectivity index (χ3v) is 5.60. The molecule has 0 radical (unpaired) electrons. The van der Waals surface area contributed by atoms with Crippen molar-refractivity contribution in [2.45, 2.75) is 31.8 Å². The lowest BCUT2D eigenvalue weighted by atomic mass is 9.86. The number of amides is 1. The summed E-state index contributed by atoms with van der Waals surface area (Å²) < 4.78 is 0. The van der Waals surface area contributed by atoms with Gasteiger partial charge in [-0.1, -0.05) is 12.1 Å². The van der Waals surface area contributed by atoms with Gasteiger partial charge in [0.15, 0.2) is 0 Å². The van der Waals surface area contributed by atoms with E-state index >= 15 is 0 Å². The van der Waals surface area contributed by atoms with Crippen molar-refractivity contribution in [1.29, 1.82) is 5.26 Å². The molecule has 2 fully saturated rings. The Labute approximate surface area is 158 Å². The first kappa shape index (κ1) is 17.5. The topological polar surface area (TPSA) is 80.5 Å². The predicted molar refractivity (Wildman–Crippen MR) is 100 cm³/mol. The van der Waals surface area contributed by atoms with Crippen LogP contribution < -0.4 is 0 Å². The number of phenolic OH excluding ortho intramolecular Hbond substituents is 1. The molecule has 3 heterocycles. The molecule has 27 heavy (non-hydrogen) atoms. The number of aryl methyl sites for hydroxylation is 1. The molecule has 2 saturated heterocycles. The van der Waals surface area contributed by atoms with E-state index in [9.17, 15) is 9.90 Å². The first-order valence-corrected chi connectivity index (χ1v) is 9.20. The number of benzene rings is 1. The van der Waals surface area contributed by atoms with E-state index < -0.39 is 0 Å². The summed E-state index contributed by atoms with van der Waals surface area (Å²) in [7, 11) is 0. The Kier molecular flexibility index (Phi) is 4.33. The second-order valence-corrected chi connectivity index (χ2v) is 7.61. The summed E-state index contributed by atoms with van der Waals surface area (Å²) >= 11 is 0. The van der Waals surface area contributed by atoms with Crippen LogP contribution in [0.5, 0.6) is 5.75 Å². The molecule has 1 amide bonds. The smallest absolute Gasteiger partial charge is 0.272 e. The zero-order valence-corrected chi connectivity index (χ0v) is 15.4. The zero-order valence-electron chi connectivity index (χ0n) is 15.4. The third-order valence-electron chi connectivity index (χ3n) is 5.60. The highest BCUT2D eigenvalue weighted by Gasteiger charge is 2.52. The Morgan fingerprint density at radius 2 is 2.15 bits per heavy atom. The highest BCUT2D eigenvalue weighted by atomic mass is 16.3. The van der Waals surface area contributed by atoms with Gasteiger partial charge in [-0.25, -0.2) is 0 Å². The van der Waals surface area contributed by atoms with Crippen LogP contribution in [0.2, 0.25) is 0 Å². The van der Waals surface area contributed by atoms with Crippen LogP contribution in [0, 0.1) is 18.3 Å². The van der Waals surface area contributed by atoms with Crippen molar-refractivity contribution in [3.63, 3.8) is 0 Å². The molecule has 0 aliphatic carbocycles. The Balaban J connectivity index is 1.44. The van der Waals surface area contributed by atoms with Crippen LogP contribution in [-0.2, 0) is 6.54 Å². The van der Waals surface area contributed by atoms with Gasteiger partial charge in [0, 0.05) is 32.4 Å². The van der Waals surface area contributed by atoms with E-state index in [0.717, 1.165) is 43.6 Å². The molecule has 4 rings (SSSR count). The lowest BCUT2D eigenvalue weighted by Crippen LogP contribution is -2.68. The zero-order chi connectivity index (χ0) is 19.0. The van der Waals surface area contributed by atoms with Crippen molar-refractivity contribution in [2.24, 2.45) is 0 Å².